The molecule has 0 unspecified atom stereocenters. The highest BCUT2D eigenvalue weighted by atomic mass is 32.1. The topological polar surface area (TPSA) is 47.0 Å². The molecule has 1 N–H and O–H groups in total. The van der Waals surface area contributed by atoms with Crippen LogP contribution in [0.15, 0.2) is 29.8 Å². The van der Waals surface area contributed by atoms with Crippen molar-refractivity contribution >= 4 is 11.3 Å². The summed E-state index contributed by atoms with van der Waals surface area (Å²) in [5.41, 5.74) is 2.21. The summed E-state index contributed by atoms with van der Waals surface area (Å²) >= 11 is 1.65. The summed E-state index contributed by atoms with van der Waals surface area (Å²) in [6.07, 6.45) is 3.92. The molecule has 3 rings (SSSR count). The van der Waals surface area contributed by atoms with E-state index < -0.39 is 0 Å². The van der Waals surface area contributed by atoms with E-state index in [1.807, 2.05) is 18.2 Å². The van der Waals surface area contributed by atoms with Crippen LogP contribution in [0.3, 0.4) is 0 Å². The summed E-state index contributed by atoms with van der Waals surface area (Å²) in [6, 6.07) is 5.91. The SMILES string of the molecule is CC1(NCc2csc(-c3ccccn3)n2)CCOCC1. The number of nitrogens with zero attached hydrogens (tertiary/aromatic N) is 2. The highest BCUT2D eigenvalue weighted by Gasteiger charge is 2.26. The van der Waals surface area contributed by atoms with E-state index in [-0.39, 0.29) is 5.54 Å². The molecular weight excluding hydrogens is 270 g/mol. The van der Waals surface area contributed by atoms with Crippen molar-refractivity contribution < 1.29 is 4.74 Å². The summed E-state index contributed by atoms with van der Waals surface area (Å²) in [4.78, 5) is 9.00. The molecule has 2 aromatic rings. The lowest BCUT2D eigenvalue weighted by molar-refractivity contribution is 0.0445. The fourth-order valence-electron chi connectivity index (χ4n) is 2.30. The lowest BCUT2D eigenvalue weighted by Gasteiger charge is -2.34. The van der Waals surface area contributed by atoms with Crippen LogP contribution in [-0.2, 0) is 11.3 Å². The lowest BCUT2D eigenvalue weighted by Crippen LogP contribution is -2.46. The Bertz CT molecular complexity index is 549. The molecule has 0 spiro atoms. The number of hydrogen-bond acceptors (Lipinski definition) is 5. The summed E-state index contributed by atoms with van der Waals surface area (Å²) in [5.74, 6) is 0. The zero-order valence-electron chi connectivity index (χ0n) is 11.6. The van der Waals surface area contributed by atoms with Crippen molar-refractivity contribution in [1.82, 2.24) is 15.3 Å². The Morgan fingerprint density at radius 3 is 2.95 bits per heavy atom. The Balaban J connectivity index is 1.63. The second-order valence-corrected chi connectivity index (χ2v) is 6.24. The molecule has 1 saturated heterocycles. The van der Waals surface area contributed by atoms with E-state index in [0.29, 0.717) is 0 Å². The van der Waals surface area contributed by atoms with E-state index >= 15 is 0 Å². The van der Waals surface area contributed by atoms with Crippen molar-refractivity contribution in [3.05, 3.63) is 35.5 Å². The van der Waals surface area contributed by atoms with Gasteiger partial charge in [0.25, 0.3) is 0 Å². The minimum absolute atomic E-state index is 0.174. The quantitative estimate of drug-likeness (QED) is 0.940. The van der Waals surface area contributed by atoms with Crippen LogP contribution in [0.5, 0.6) is 0 Å². The number of aromatic nitrogens is 2. The predicted molar refractivity (Wildman–Crippen MR) is 80.6 cm³/mol. The van der Waals surface area contributed by atoms with Crippen LogP contribution < -0.4 is 5.32 Å². The second-order valence-electron chi connectivity index (χ2n) is 5.39. The monoisotopic (exact) mass is 289 g/mol. The molecule has 0 radical (unpaired) electrons. The lowest BCUT2D eigenvalue weighted by atomic mass is 9.92. The van der Waals surface area contributed by atoms with Gasteiger partial charge in [0.2, 0.25) is 0 Å². The molecule has 0 saturated carbocycles. The van der Waals surface area contributed by atoms with Crippen molar-refractivity contribution in [2.24, 2.45) is 0 Å². The average Bonchev–Trinajstić information content (AvgIpc) is 2.96. The molecule has 20 heavy (non-hydrogen) atoms. The van der Waals surface area contributed by atoms with Crippen LogP contribution in [0.2, 0.25) is 0 Å². The third kappa shape index (κ3) is 3.23. The molecule has 106 valence electrons. The maximum absolute atomic E-state index is 5.42. The predicted octanol–water partition coefficient (Wildman–Crippen LogP) is 2.86. The molecule has 4 nitrogen and oxygen atoms in total. The summed E-state index contributed by atoms with van der Waals surface area (Å²) in [7, 11) is 0. The molecule has 1 aliphatic rings. The van der Waals surface area contributed by atoms with Crippen LogP contribution in [0, 0.1) is 0 Å². The van der Waals surface area contributed by atoms with E-state index in [4.69, 9.17) is 4.74 Å². The van der Waals surface area contributed by atoms with Gasteiger partial charge in [0.05, 0.1) is 11.4 Å². The van der Waals surface area contributed by atoms with Gasteiger partial charge in [-0.15, -0.1) is 11.3 Å². The first kappa shape index (κ1) is 13.7. The van der Waals surface area contributed by atoms with Gasteiger partial charge < -0.3 is 10.1 Å². The number of nitrogens with one attached hydrogen (secondary N) is 1. The summed E-state index contributed by atoms with van der Waals surface area (Å²) in [6.45, 7) is 4.76. The van der Waals surface area contributed by atoms with Crippen LogP contribution in [0.1, 0.15) is 25.5 Å². The van der Waals surface area contributed by atoms with Gasteiger partial charge in [0, 0.05) is 36.9 Å². The number of thiazole rings is 1. The van der Waals surface area contributed by atoms with Gasteiger partial charge in [0.15, 0.2) is 0 Å². The van der Waals surface area contributed by atoms with Crippen LogP contribution in [0.25, 0.3) is 10.7 Å². The van der Waals surface area contributed by atoms with Crippen molar-refractivity contribution in [3.8, 4) is 10.7 Å². The van der Waals surface area contributed by atoms with Crippen LogP contribution in [-0.4, -0.2) is 28.7 Å². The molecule has 1 aliphatic heterocycles. The standard InChI is InChI=1S/C15H19N3OS/c1-15(5-8-19-9-6-15)17-10-12-11-20-14(18-12)13-4-2-3-7-16-13/h2-4,7,11,17H,5-6,8-10H2,1H3. The molecule has 1 fully saturated rings. The minimum atomic E-state index is 0.174. The highest BCUT2D eigenvalue weighted by molar-refractivity contribution is 7.13. The molecule has 3 heterocycles. The number of hydrogen-bond donors (Lipinski definition) is 1. The van der Waals surface area contributed by atoms with Gasteiger partial charge >= 0.3 is 0 Å². The Morgan fingerprint density at radius 1 is 1.35 bits per heavy atom. The minimum Gasteiger partial charge on any atom is -0.381 e. The second kappa shape index (κ2) is 5.99. The molecule has 0 aromatic carbocycles. The largest absolute Gasteiger partial charge is 0.381 e. The summed E-state index contributed by atoms with van der Waals surface area (Å²) < 4.78 is 5.42. The number of rotatable bonds is 4. The van der Waals surface area contributed by atoms with E-state index in [9.17, 15) is 0 Å². The van der Waals surface area contributed by atoms with E-state index in [1.165, 1.54) is 0 Å². The highest BCUT2D eigenvalue weighted by Crippen LogP contribution is 2.23. The normalized spacial score (nSPS) is 18.1. The van der Waals surface area contributed by atoms with Crippen molar-refractivity contribution in [2.75, 3.05) is 13.2 Å². The fraction of sp³-hybridized carbons (Fsp3) is 0.467. The number of pyridine rings is 1. The van der Waals surface area contributed by atoms with Gasteiger partial charge in [-0.1, -0.05) is 6.07 Å². The van der Waals surface area contributed by atoms with E-state index in [2.05, 4.69) is 27.6 Å². The van der Waals surface area contributed by atoms with Gasteiger partial charge in [-0.3, -0.25) is 4.98 Å². The average molecular weight is 289 g/mol. The smallest absolute Gasteiger partial charge is 0.142 e. The van der Waals surface area contributed by atoms with Gasteiger partial charge in [-0.05, 0) is 31.9 Å². The maximum Gasteiger partial charge on any atom is 0.142 e. The Labute approximate surface area is 123 Å². The first-order valence-corrected chi connectivity index (χ1v) is 7.82. The van der Waals surface area contributed by atoms with Gasteiger partial charge in [-0.2, -0.15) is 0 Å². The van der Waals surface area contributed by atoms with Gasteiger partial charge in [0.1, 0.15) is 5.01 Å². The van der Waals surface area contributed by atoms with Crippen LogP contribution in [0.4, 0.5) is 0 Å². The molecule has 0 atom stereocenters. The zero-order chi connectivity index (χ0) is 13.8. The van der Waals surface area contributed by atoms with Crippen LogP contribution >= 0.6 is 11.3 Å². The van der Waals surface area contributed by atoms with Crippen molar-refractivity contribution in [3.63, 3.8) is 0 Å². The van der Waals surface area contributed by atoms with Gasteiger partial charge in [-0.25, -0.2) is 4.98 Å². The Morgan fingerprint density at radius 2 is 2.20 bits per heavy atom. The Kier molecular flexibility index (Phi) is 4.10. The third-order valence-corrected chi connectivity index (χ3v) is 4.64. The Hall–Kier alpha value is -1.30. The zero-order valence-corrected chi connectivity index (χ0v) is 12.4. The third-order valence-electron chi connectivity index (χ3n) is 3.73. The van der Waals surface area contributed by atoms with E-state index in [0.717, 1.165) is 49.0 Å². The maximum atomic E-state index is 5.42. The van der Waals surface area contributed by atoms with Crippen molar-refractivity contribution in [2.45, 2.75) is 31.8 Å². The molecule has 0 bridgehead atoms. The summed E-state index contributed by atoms with van der Waals surface area (Å²) in [5, 5.41) is 6.72. The fourth-order valence-corrected chi connectivity index (χ4v) is 3.09. The first-order chi connectivity index (χ1) is 9.75. The molecular formula is C15H19N3OS. The molecule has 0 amide bonds. The number of ether oxygens (including phenoxy) is 1. The van der Waals surface area contributed by atoms with Crippen molar-refractivity contribution in [1.29, 1.82) is 0 Å². The first-order valence-electron chi connectivity index (χ1n) is 6.94. The molecule has 0 aliphatic carbocycles. The molecule has 5 heteroatoms. The van der Waals surface area contributed by atoms with E-state index in [1.54, 1.807) is 17.5 Å². The molecule has 2 aromatic heterocycles.